The average Bonchev–Trinajstić information content (AvgIpc) is 2.73. The van der Waals surface area contributed by atoms with Crippen LogP contribution in [0, 0.1) is 5.92 Å². The highest BCUT2D eigenvalue weighted by Crippen LogP contribution is 2.24. The molecule has 0 saturated carbocycles. The molecular weight excluding hydrogens is 242 g/mol. The van der Waals surface area contributed by atoms with Crippen molar-refractivity contribution in [3.63, 3.8) is 0 Å². The molecule has 0 aromatic heterocycles. The van der Waals surface area contributed by atoms with E-state index in [0.717, 1.165) is 5.56 Å². The van der Waals surface area contributed by atoms with Crippen LogP contribution in [0.4, 0.5) is 0 Å². The van der Waals surface area contributed by atoms with Crippen LogP contribution in [0.1, 0.15) is 36.7 Å². The summed E-state index contributed by atoms with van der Waals surface area (Å²) in [4.78, 5) is 25.7. The maximum atomic E-state index is 12.2. The average molecular weight is 261 g/mol. The smallest absolute Gasteiger partial charge is 0.328 e. The van der Waals surface area contributed by atoms with Gasteiger partial charge in [0.1, 0.15) is 6.04 Å². The van der Waals surface area contributed by atoms with E-state index in [1.54, 1.807) is 17.9 Å². The van der Waals surface area contributed by atoms with E-state index in [9.17, 15) is 9.59 Å². The summed E-state index contributed by atoms with van der Waals surface area (Å²) in [6.45, 7) is 6.54. The molecule has 1 heterocycles. The number of benzene rings is 1. The fourth-order valence-electron chi connectivity index (χ4n) is 2.09. The van der Waals surface area contributed by atoms with Crippen molar-refractivity contribution < 1.29 is 14.3 Å². The van der Waals surface area contributed by atoms with Crippen LogP contribution in [0.5, 0.6) is 0 Å². The van der Waals surface area contributed by atoms with E-state index in [0.29, 0.717) is 24.6 Å². The van der Waals surface area contributed by atoms with Crippen molar-refractivity contribution in [1.82, 2.24) is 4.90 Å². The summed E-state index contributed by atoms with van der Waals surface area (Å²) in [5.41, 5.74) is 1.65. The predicted molar refractivity (Wildman–Crippen MR) is 71.6 cm³/mol. The summed E-state index contributed by atoms with van der Waals surface area (Å²) in [6.07, 6.45) is 0. The van der Waals surface area contributed by atoms with Crippen LogP contribution in [0.15, 0.2) is 24.3 Å². The minimum atomic E-state index is -0.543. The van der Waals surface area contributed by atoms with Gasteiger partial charge < -0.3 is 9.64 Å². The fourth-order valence-corrected chi connectivity index (χ4v) is 2.09. The summed E-state index contributed by atoms with van der Waals surface area (Å²) < 4.78 is 5.19. The van der Waals surface area contributed by atoms with E-state index in [1.807, 2.05) is 32.0 Å². The number of hydrogen-bond acceptors (Lipinski definition) is 3. The van der Waals surface area contributed by atoms with Gasteiger partial charge in [-0.15, -0.1) is 0 Å². The molecule has 0 bridgehead atoms. The third-order valence-corrected chi connectivity index (χ3v) is 3.22. The minimum absolute atomic E-state index is 0.0930. The zero-order valence-electron chi connectivity index (χ0n) is 11.6. The van der Waals surface area contributed by atoms with Gasteiger partial charge in [0.15, 0.2) is 0 Å². The maximum absolute atomic E-state index is 12.2. The Labute approximate surface area is 113 Å². The van der Waals surface area contributed by atoms with Gasteiger partial charge in [0.2, 0.25) is 0 Å². The molecule has 1 aliphatic heterocycles. The number of ether oxygens (including phenoxy) is 1. The third kappa shape index (κ3) is 2.78. The minimum Gasteiger partial charge on any atom is -0.464 e. The largest absolute Gasteiger partial charge is 0.464 e. The van der Waals surface area contributed by atoms with Crippen molar-refractivity contribution in [2.24, 2.45) is 5.92 Å². The first-order chi connectivity index (χ1) is 9.00. The Morgan fingerprint density at radius 1 is 1.32 bits per heavy atom. The topological polar surface area (TPSA) is 46.6 Å². The molecule has 0 spiro atoms. The highest BCUT2D eigenvalue weighted by atomic mass is 16.5. The van der Waals surface area contributed by atoms with Gasteiger partial charge in [-0.05, 0) is 24.5 Å². The van der Waals surface area contributed by atoms with Crippen molar-refractivity contribution >= 4 is 11.9 Å². The van der Waals surface area contributed by atoms with Gasteiger partial charge in [-0.3, -0.25) is 4.79 Å². The first-order valence-electron chi connectivity index (χ1n) is 6.56. The van der Waals surface area contributed by atoms with Gasteiger partial charge in [-0.2, -0.15) is 0 Å². The molecule has 0 aliphatic carbocycles. The molecule has 0 radical (unpaired) electrons. The van der Waals surface area contributed by atoms with Crippen molar-refractivity contribution in [3.8, 4) is 0 Å². The molecule has 1 aromatic rings. The lowest BCUT2D eigenvalue weighted by molar-refractivity contribution is -0.149. The SMILES string of the molecule is CC(C)COC(=O)C(C)N1Cc2ccccc2C1=O. The molecule has 2 rings (SSSR count). The fraction of sp³-hybridized carbons (Fsp3) is 0.467. The van der Waals surface area contributed by atoms with Crippen molar-refractivity contribution in [2.45, 2.75) is 33.4 Å². The number of hydrogen-bond donors (Lipinski definition) is 0. The summed E-state index contributed by atoms with van der Waals surface area (Å²) in [5, 5.41) is 0. The lowest BCUT2D eigenvalue weighted by Gasteiger charge is -2.23. The quantitative estimate of drug-likeness (QED) is 0.781. The second-order valence-electron chi connectivity index (χ2n) is 5.29. The van der Waals surface area contributed by atoms with Crippen LogP contribution < -0.4 is 0 Å². The molecule has 4 nitrogen and oxygen atoms in total. The van der Waals surface area contributed by atoms with Gasteiger partial charge in [0.25, 0.3) is 5.91 Å². The summed E-state index contributed by atoms with van der Waals surface area (Å²) in [7, 11) is 0. The highest BCUT2D eigenvalue weighted by molar-refractivity contribution is 6.00. The Hall–Kier alpha value is -1.84. The van der Waals surface area contributed by atoms with E-state index in [4.69, 9.17) is 4.74 Å². The predicted octanol–water partition coefficient (Wildman–Crippen LogP) is 2.23. The lowest BCUT2D eigenvalue weighted by Crippen LogP contribution is -2.40. The lowest BCUT2D eigenvalue weighted by atomic mass is 10.1. The number of carbonyl (C=O) groups excluding carboxylic acids is 2. The number of carbonyl (C=O) groups is 2. The van der Waals surface area contributed by atoms with E-state index in [-0.39, 0.29) is 11.9 Å². The van der Waals surface area contributed by atoms with Gasteiger partial charge in [-0.25, -0.2) is 4.79 Å². The van der Waals surface area contributed by atoms with Crippen molar-refractivity contribution in [1.29, 1.82) is 0 Å². The highest BCUT2D eigenvalue weighted by Gasteiger charge is 2.34. The standard InChI is InChI=1S/C15H19NO3/c1-10(2)9-19-15(18)11(3)16-8-12-6-4-5-7-13(12)14(16)17/h4-7,10-11H,8-9H2,1-3H3. The van der Waals surface area contributed by atoms with Crippen LogP contribution in [-0.4, -0.2) is 29.4 Å². The number of nitrogens with zero attached hydrogens (tertiary/aromatic N) is 1. The molecule has 1 amide bonds. The molecule has 0 saturated heterocycles. The van der Waals surface area contributed by atoms with Gasteiger partial charge >= 0.3 is 5.97 Å². The zero-order valence-corrected chi connectivity index (χ0v) is 11.6. The molecule has 19 heavy (non-hydrogen) atoms. The molecule has 1 aliphatic rings. The van der Waals surface area contributed by atoms with Crippen molar-refractivity contribution in [3.05, 3.63) is 35.4 Å². The Morgan fingerprint density at radius 2 is 2.00 bits per heavy atom. The molecule has 0 fully saturated rings. The zero-order chi connectivity index (χ0) is 14.0. The first kappa shape index (κ1) is 13.6. The molecule has 1 atom stereocenters. The molecule has 102 valence electrons. The van der Waals surface area contributed by atoms with Crippen LogP contribution >= 0.6 is 0 Å². The number of esters is 1. The molecular formula is C15H19NO3. The van der Waals surface area contributed by atoms with Crippen LogP contribution in [0.2, 0.25) is 0 Å². The van der Waals surface area contributed by atoms with Crippen LogP contribution in [0.25, 0.3) is 0 Å². The van der Waals surface area contributed by atoms with Crippen LogP contribution in [0.3, 0.4) is 0 Å². The Morgan fingerprint density at radius 3 is 2.63 bits per heavy atom. The number of amides is 1. The molecule has 0 N–H and O–H groups in total. The maximum Gasteiger partial charge on any atom is 0.328 e. The second-order valence-corrected chi connectivity index (χ2v) is 5.29. The normalized spacial score (nSPS) is 15.6. The van der Waals surface area contributed by atoms with Crippen LogP contribution in [-0.2, 0) is 16.1 Å². The molecule has 4 heteroatoms. The Kier molecular flexibility index (Phi) is 3.88. The molecule has 1 unspecified atom stereocenters. The Balaban J connectivity index is 2.04. The second kappa shape index (κ2) is 5.43. The third-order valence-electron chi connectivity index (χ3n) is 3.22. The first-order valence-corrected chi connectivity index (χ1v) is 6.56. The number of fused-ring (bicyclic) bond motifs is 1. The van der Waals surface area contributed by atoms with E-state index in [1.165, 1.54) is 0 Å². The summed E-state index contributed by atoms with van der Waals surface area (Å²) in [6, 6.07) is 6.90. The van der Waals surface area contributed by atoms with Gasteiger partial charge in [-0.1, -0.05) is 32.0 Å². The van der Waals surface area contributed by atoms with Crippen molar-refractivity contribution in [2.75, 3.05) is 6.61 Å². The van der Waals surface area contributed by atoms with E-state index >= 15 is 0 Å². The summed E-state index contributed by atoms with van der Waals surface area (Å²) >= 11 is 0. The van der Waals surface area contributed by atoms with E-state index < -0.39 is 6.04 Å². The number of rotatable bonds is 4. The molecule has 1 aromatic carbocycles. The van der Waals surface area contributed by atoms with E-state index in [2.05, 4.69) is 0 Å². The monoisotopic (exact) mass is 261 g/mol. The van der Waals surface area contributed by atoms with Gasteiger partial charge in [0.05, 0.1) is 6.61 Å². The van der Waals surface area contributed by atoms with Gasteiger partial charge in [0, 0.05) is 12.1 Å². The Bertz CT molecular complexity index is 496. The summed E-state index contributed by atoms with van der Waals surface area (Å²) in [5.74, 6) is -0.137.